The van der Waals surface area contributed by atoms with Crippen LogP contribution < -0.4 is 10.5 Å². The molecular weight excluding hydrogens is 404 g/mol. The van der Waals surface area contributed by atoms with Gasteiger partial charge in [-0.25, -0.2) is 4.98 Å². The van der Waals surface area contributed by atoms with Crippen molar-refractivity contribution in [3.63, 3.8) is 0 Å². The normalized spacial score (nSPS) is 10.8. The highest BCUT2D eigenvalue weighted by Gasteiger charge is 2.20. The van der Waals surface area contributed by atoms with Crippen molar-refractivity contribution in [3.8, 4) is 5.75 Å². The first kappa shape index (κ1) is 21.1. The highest BCUT2D eigenvalue weighted by molar-refractivity contribution is 6.18. The number of ether oxygens (including phenoxy) is 1. The molecule has 0 unspecified atom stereocenters. The SMILES string of the molecule is C=C(C(=O)N(C)Cc1oc2ccccc2c1C)c1cnc(N)c(OCc2ccccn2)c1. The minimum absolute atomic E-state index is 0.233. The third-order valence-electron chi connectivity index (χ3n) is 5.26. The summed E-state index contributed by atoms with van der Waals surface area (Å²) in [7, 11) is 1.71. The van der Waals surface area contributed by atoms with Gasteiger partial charge in [0.1, 0.15) is 18.0 Å². The Kier molecular flexibility index (Phi) is 5.89. The molecule has 4 aromatic rings. The molecule has 3 aromatic heterocycles. The number of nitrogens with zero attached hydrogens (tertiary/aromatic N) is 3. The summed E-state index contributed by atoms with van der Waals surface area (Å²) in [4.78, 5) is 23.0. The fourth-order valence-electron chi connectivity index (χ4n) is 3.39. The lowest BCUT2D eigenvalue weighted by molar-refractivity contribution is -0.124. The Morgan fingerprint density at radius 1 is 1.19 bits per heavy atom. The Balaban J connectivity index is 1.47. The first-order valence-electron chi connectivity index (χ1n) is 10.1. The predicted octanol–water partition coefficient (Wildman–Crippen LogP) is 4.36. The summed E-state index contributed by atoms with van der Waals surface area (Å²) in [6.07, 6.45) is 3.21. The molecule has 0 aliphatic heterocycles. The van der Waals surface area contributed by atoms with E-state index in [2.05, 4.69) is 16.5 Å². The Morgan fingerprint density at radius 2 is 1.97 bits per heavy atom. The van der Waals surface area contributed by atoms with E-state index >= 15 is 0 Å². The largest absolute Gasteiger partial charge is 0.483 e. The van der Waals surface area contributed by atoms with E-state index in [1.165, 1.54) is 6.20 Å². The Bertz CT molecular complexity index is 1280. The number of anilines is 1. The van der Waals surface area contributed by atoms with Gasteiger partial charge < -0.3 is 19.8 Å². The lowest BCUT2D eigenvalue weighted by Crippen LogP contribution is -2.27. The molecule has 4 rings (SSSR count). The van der Waals surface area contributed by atoms with Gasteiger partial charge in [0.05, 0.1) is 12.2 Å². The Hall–Kier alpha value is -4.13. The summed E-state index contributed by atoms with van der Waals surface area (Å²) in [5.41, 5.74) is 9.35. The van der Waals surface area contributed by atoms with E-state index in [0.29, 0.717) is 17.9 Å². The number of hydrogen-bond donors (Lipinski definition) is 1. The molecule has 0 spiro atoms. The number of nitrogen functional groups attached to an aromatic ring is 1. The number of pyridine rings is 2. The van der Waals surface area contributed by atoms with Crippen LogP contribution in [-0.2, 0) is 17.9 Å². The van der Waals surface area contributed by atoms with Crippen LogP contribution in [0.15, 0.2) is 71.9 Å². The molecule has 1 aromatic carbocycles. The summed E-state index contributed by atoms with van der Waals surface area (Å²) in [5, 5.41) is 1.04. The Labute approximate surface area is 186 Å². The van der Waals surface area contributed by atoms with E-state index in [1.807, 2.05) is 49.4 Å². The summed E-state index contributed by atoms with van der Waals surface area (Å²) in [6, 6.07) is 15.0. The maximum absolute atomic E-state index is 13.0. The van der Waals surface area contributed by atoms with Crippen LogP contribution in [0, 0.1) is 6.92 Å². The van der Waals surface area contributed by atoms with Crippen LogP contribution >= 0.6 is 0 Å². The highest BCUT2D eigenvalue weighted by Crippen LogP contribution is 2.28. The molecule has 0 bridgehead atoms. The number of likely N-dealkylation sites (N-methyl/N-ethyl adjacent to an activating group) is 1. The molecule has 0 fully saturated rings. The van der Waals surface area contributed by atoms with Gasteiger partial charge in [0.2, 0.25) is 0 Å². The number of rotatable bonds is 7. The summed E-state index contributed by atoms with van der Waals surface area (Å²) in [5.74, 6) is 1.10. The van der Waals surface area contributed by atoms with Crippen LogP contribution in [0.4, 0.5) is 5.82 Å². The van der Waals surface area contributed by atoms with Gasteiger partial charge in [0.25, 0.3) is 5.91 Å². The second-order valence-electron chi connectivity index (χ2n) is 7.50. The van der Waals surface area contributed by atoms with Gasteiger partial charge in [0.15, 0.2) is 11.6 Å². The van der Waals surface area contributed by atoms with Crippen molar-refractivity contribution in [2.75, 3.05) is 12.8 Å². The third-order valence-corrected chi connectivity index (χ3v) is 5.26. The number of nitrogens with two attached hydrogens (primary N) is 1. The lowest BCUT2D eigenvalue weighted by Gasteiger charge is -2.18. The molecule has 7 nitrogen and oxygen atoms in total. The number of carbonyl (C=O) groups excluding carboxylic acids is 1. The van der Waals surface area contributed by atoms with E-state index in [4.69, 9.17) is 14.9 Å². The van der Waals surface area contributed by atoms with E-state index < -0.39 is 0 Å². The molecule has 7 heteroatoms. The van der Waals surface area contributed by atoms with Crippen LogP contribution in [0.5, 0.6) is 5.75 Å². The third kappa shape index (κ3) is 4.32. The summed E-state index contributed by atoms with van der Waals surface area (Å²) >= 11 is 0. The standard InChI is InChI=1S/C25H24N4O3/c1-16(18-12-22(24(26)28-13-18)31-15-19-8-6-7-11-27-19)25(30)29(3)14-23-17(2)20-9-4-5-10-21(20)32-23/h4-13H,1,14-15H2,2-3H3,(H2,26,28). The number of carbonyl (C=O) groups is 1. The number of amides is 1. The molecule has 0 atom stereocenters. The monoisotopic (exact) mass is 428 g/mol. The quantitative estimate of drug-likeness (QED) is 0.440. The molecule has 2 N–H and O–H groups in total. The Morgan fingerprint density at radius 3 is 2.72 bits per heavy atom. The fourth-order valence-corrected chi connectivity index (χ4v) is 3.39. The maximum Gasteiger partial charge on any atom is 0.254 e. The average molecular weight is 428 g/mol. The predicted molar refractivity (Wildman–Crippen MR) is 124 cm³/mol. The van der Waals surface area contributed by atoms with Crippen LogP contribution in [0.25, 0.3) is 16.5 Å². The maximum atomic E-state index is 13.0. The van der Waals surface area contributed by atoms with Crippen molar-refractivity contribution < 1.29 is 13.9 Å². The van der Waals surface area contributed by atoms with Crippen LogP contribution in [-0.4, -0.2) is 27.8 Å². The fraction of sp³-hybridized carbons (Fsp3) is 0.160. The van der Waals surface area contributed by atoms with Crippen LogP contribution in [0.1, 0.15) is 22.6 Å². The zero-order valence-corrected chi connectivity index (χ0v) is 18.0. The van der Waals surface area contributed by atoms with Crippen molar-refractivity contribution in [2.24, 2.45) is 0 Å². The molecule has 0 aliphatic rings. The van der Waals surface area contributed by atoms with Crippen LogP contribution in [0.2, 0.25) is 0 Å². The minimum Gasteiger partial charge on any atom is -0.483 e. The lowest BCUT2D eigenvalue weighted by atomic mass is 10.1. The first-order valence-corrected chi connectivity index (χ1v) is 10.1. The number of aromatic nitrogens is 2. The molecule has 1 amide bonds. The van der Waals surface area contributed by atoms with Gasteiger partial charge >= 0.3 is 0 Å². The molecular formula is C25H24N4O3. The molecule has 0 aliphatic carbocycles. The van der Waals surface area contributed by atoms with Crippen molar-refractivity contribution in [3.05, 3.63) is 90.1 Å². The van der Waals surface area contributed by atoms with Crippen molar-refractivity contribution >= 4 is 28.3 Å². The molecule has 3 heterocycles. The molecule has 0 radical (unpaired) electrons. The average Bonchev–Trinajstić information content (AvgIpc) is 3.13. The number of para-hydroxylation sites is 1. The zero-order chi connectivity index (χ0) is 22.7. The molecule has 0 saturated carbocycles. The van der Waals surface area contributed by atoms with E-state index in [9.17, 15) is 4.79 Å². The molecule has 0 saturated heterocycles. The van der Waals surface area contributed by atoms with Gasteiger partial charge in [-0.15, -0.1) is 0 Å². The topological polar surface area (TPSA) is 94.5 Å². The van der Waals surface area contributed by atoms with Crippen molar-refractivity contribution in [2.45, 2.75) is 20.1 Å². The van der Waals surface area contributed by atoms with Crippen molar-refractivity contribution in [1.82, 2.24) is 14.9 Å². The minimum atomic E-state index is -0.243. The molecule has 162 valence electrons. The van der Waals surface area contributed by atoms with Gasteiger partial charge in [-0.2, -0.15) is 0 Å². The van der Waals surface area contributed by atoms with Gasteiger partial charge in [-0.05, 0) is 31.2 Å². The van der Waals surface area contributed by atoms with E-state index in [0.717, 1.165) is 28.0 Å². The summed E-state index contributed by atoms with van der Waals surface area (Å²) in [6.45, 7) is 6.52. The smallest absolute Gasteiger partial charge is 0.254 e. The number of furan rings is 1. The van der Waals surface area contributed by atoms with Gasteiger partial charge in [-0.1, -0.05) is 30.8 Å². The van der Waals surface area contributed by atoms with Gasteiger partial charge in [-0.3, -0.25) is 9.78 Å². The van der Waals surface area contributed by atoms with E-state index in [-0.39, 0.29) is 23.9 Å². The van der Waals surface area contributed by atoms with Crippen LogP contribution in [0.3, 0.4) is 0 Å². The highest BCUT2D eigenvalue weighted by atomic mass is 16.5. The first-order chi connectivity index (χ1) is 15.4. The number of hydrogen-bond acceptors (Lipinski definition) is 6. The number of benzene rings is 1. The zero-order valence-electron chi connectivity index (χ0n) is 18.0. The second-order valence-corrected chi connectivity index (χ2v) is 7.50. The second kappa shape index (κ2) is 8.93. The van der Waals surface area contributed by atoms with Gasteiger partial charge in [0, 0.05) is 41.5 Å². The number of aryl methyl sites for hydroxylation is 1. The number of fused-ring (bicyclic) bond motifs is 1. The summed E-state index contributed by atoms with van der Waals surface area (Å²) < 4.78 is 11.7. The van der Waals surface area contributed by atoms with Crippen molar-refractivity contribution in [1.29, 1.82) is 0 Å². The molecule has 32 heavy (non-hydrogen) atoms. The van der Waals surface area contributed by atoms with E-state index in [1.54, 1.807) is 24.2 Å².